The van der Waals surface area contributed by atoms with Gasteiger partial charge in [-0.1, -0.05) is 42.5 Å². The highest BCUT2D eigenvalue weighted by atomic mass is 32.1. The molecule has 2 aromatic carbocycles. The predicted molar refractivity (Wildman–Crippen MR) is 105 cm³/mol. The fourth-order valence-electron chi connectivity index (χ4n) is 2.83. The Morgan fingerprint density at radius 1 is 1.03 bits per heavy atom. The molecule has 0 spiro atoms. The van der Waals surface area contributed by atoms with Crippen LogP contribution >= 0.6 is 11.3 Å². The molecule has 29 heavy (non-hydrogen) atoms. The van der Waals surface area contributed by atoms with Crippen LogP contribution in [0.4, 0.5) is 18.9 Å². The number of carbonyl (C=O) groups excluding carboxylic acids is 1. The van der Waals surface area contributed by atoms with Crippen LogP contribution in [0.1, 0.15) is 27.7 Å². The van der Waals surface area contributed by atoms with Gasteiger partial charge in [-0.3, -0.25) is 4.79 Å². The maximum absolute atomic E-state index is 12.8. The Kier molecular flexibility index (Phi) is 5.74. The summed E-state index contributed by atoms with van der Waals surface area (Å²) in [7, 11) is 0. The molecule has 0 aliphatic rings. The van der Waals surface area contributed by atoms with E-state index in [1.807, 2.05) is 30.3 Å². The molecule has 3 rings (SSSR count). The lowest BCUT2D eigenvalue weighted by molar-refractivity contribution is -0.137. The van der Waals surface area contributed by atoms with Crippen molar-refractivity contribution in [2.24, 2.45) is 0 Å². The Hall–Kier alpha value is -3.13. The van der Waals surface area contributed by atoms with Crippen LogP contribution in [0, 0.1) is 0 Å². The van der Waals surface area contributed by atoms with Gasteiger partial charge in [0.15, 0.2) is 0 Å². The van der Waals surface area contributed by atoms with Gasteiger partial charge in [-0.2, -0.15) is 13.2 Å². The van der Waals surface area contributed by atoms with Crippen molar-refractivity contribution in [2.45, 2.75) is 19.6 Å². The third kappa shape index (κ3) is 4.65. The largest absolute Gasteiger partial charge is 0.477 e. The normalized spacial score (nSPS) is 11.3. The van der Waals surface area contributed by atoms with Gasteiger partial charge in [0.2, 0.25) is 5.91 Å². The number of alkyl halides is 3. The van der Waals surface area contributed by atoms with E-state index in [4.69, 9.17) is 0 Å². The molecule has 3 aromatic rings. The van der Waals surface area contributed by atoms with Crippen LogP contribution in [0.15, 0.2) is 60.7 Å². The fraction of sp³-hybridized carbons (Fsp3) is 0.143. The van der Waals surface area contributed by atoms with E-state index in [0.29, 0.717) is 10.4 Å². The van der Waals surface area contributed by atoms with Crippen LogP contribution in [0.3, 0.4) is 0 Å². The minimum atomic E-state index is -4.45. The molecule has 8 heteroatoms. The fourth-order valence-corrected chi connectivity index (χ4v) is 3.83. The number of halogens is 3. The van der Waals surface area contributed by atoms with Gasteiger partial charge in [0, 0.05) is 11.8 Å². The third-order valence-electron chi connectivity index (χ3n) is 4.26. The average molecular weight is 419 g/mol. The minimum Gasteiger partial charge on any atom is -0.477 e. The predicted octanol–water partition coefficient (Wildman–Crippen LogP) is 5.69. The molecule has 0 saturated carbocycles. The summed E-state index contributed by atoms with van der Waals surface area (Å²) in [5.74, 6) is -1.59. The minimum absolute atomic E-state index is 0.00837. The number of carbonyl (C=O) groups is 2. The van der Waals surface area contributed by atoms with Crippen molar-refractivity contribution in [1.29, 1.82) is 0 Å². The summed E-state index contributed by atoms with van der Waals surface area (Å²) in [5.41, 5.74) is 0.693. The average Bonchev–Trinajstić information content (AvgIpc) is 3.11. The van der Waals surface area contributed by atoms with Gasteiger partial charge in [-0.15, -0.1) is 11.3 Å². The van der Waals surface area contributed by atoms with Crippen LogP contribution in [0.5, 0.6) is 0 Å². The van der Waals surface area contributed by atoms with Crippen LogP contribution in [-0.4, -0.2) is 17.0 Å². The van der Waals surface area contributed by atoms with Gasteiger partial charge in [-0.25, -0.2) is 4.79 Å². The van der Waals surface area contributed by atoms with Crippen molar-refractivity contribution in [3.05, 3.63) is 76.7 Å². The number of anilines is 1. The Balaban J connectivity index is 1.98. The van der Waals surface area contributed by atoms with E-state index in [1.165, 1.54) is 24.0 Å². The van der Waals surface area contributed by atoms with Gasteiger partial charge in [0.25, 0.3) is 0 Å². The topological polar surface area (TPSA) is 57.6 Å². The lowest BCUT2D eigenvalue weighted by Gasteiger charge is -2.21. The Morgan fingerprint density at radius 3 is 2.17 bits per heavy atom. The first kappa shape index (κ1) is 20.6. The van der Waals surface area contributed by atoms with Crippen LogP contribution in [0.2, 0.25) is 0 Å². The highest BCUT2D eigenvalue weighted by molar-refractivity contribution is 7.18. The monoisotopic (exact) mass is 419 g/mol. The molecule has 150 valence electrons. The molecule has 1 N–H and O–H groups in total. The highest BCUT2D eigenvalue weighted by Gasteiger charge is 2.30. The van der Waals surface area contributed by atoms with E-state index >= 15 is 0 Å². The molecule has 1 heterocycles. The first-order chi connectivity index (χ1) is 13.7. The van der Waals surface area contributed by atoms with Gasteiger partial charge in [-0.05, 0) is 29.3 Å². The van der Waals surface area contributed by atoms with Crippen LogP contribution in [-0.2, 0) is 17.5 Å². The van der Waals surface area contributed by atoms with E-state index in [1.54, 1.807) is 6.07 Å². The van der Waals surface area contributed by atoms with Gasteiger partial charge < -0.3 is 10.0 Å². The molecule has 0 aliphatic carbocycles. The Labute approximate surface area is 168 Å². The van der Waals surface area contributed by atoms with E-state index in [2.05, 4.69) is 0 Å². The molecule has 0 bridgehead atoms. The molecule has 1 amide bonds. The number of hydrogen-bond donors (Lipinski definition) is 1. The Morgan fingerprint density at radius 2 is 1.66 bits per heavy atom. The summed E-state index contributed by atoms with van der Waals surface area (Å²) in [6.07, 6.45) is -4.45. The Bertz CT molecular complexity index is 1030. The van der Waals surface area contributed by atoms with Gasteiger partial charge in [0.05, 0.1) is 17.8 Å². The second-order valence-corrected chi connectivity index (χ2v) is 7.35. The molecule has 0 atom stereocenters. The molecule has 0 aliphatic heterocycles. The zero-order valence-corrected chi connectivity index (χ0v) is 16.1. The first-order valence-electron chi connectivity index (χ1n) is 8.53. The van der Waals surface area contributed by atoms with Gasteiger partial charge >= 0.3 is 12.1 Å². The number of benzene rings is 2. The molecular formula is C21H16F3NO3S. The SMILES string of the molecule is CC(=O)N(Cc1ccc(C(F)(F)F)cc1)c1cc(-c2ccccc2)sc1C(=O)O. The van der Waals surface area contributed by atoms with Crippen molar-refractivity contribution in [3.8, 4) is 10.4 Å². The number of amides is 1. The molecule has 0 saturated heterocycles. The highest BCUT2D eigenvalue weighted by Crippen LogP contribution is 2.38. The van der Waals surface area contributed by atoms with Crippen LogP contribution in [0.25, 0.3) is 10.4 Å². The molecular weight excluding hydrogens is 403 g/mol. The summed E-state index contributed by atoms with van der Waals surface area (Å²) >= 11 is 1.04. The maximum atomic E-state index is 12.8. The van der Waals surface area contributed by atoms with E-state index in [-0.39, 0.29) is 17.1 Å². The number of hydrogen-bond acceptors (Lipinski definition) is 3. The maximum Gasteiger partial charge on any atom is 0.416 e. The number of nitrogens with zero attached hydrogens (tertiary/aromatic N) is 1. The number of thiophene rings is 1. The first-order valence-corrected chi connectivity index (χ1v) is 9.35. The van der Waals surface area contributed by atoms with Crippen LogP contribution < -0.4 is 4.90 Å². The third-order valence-corrected chi connectivity index (χ3v) is 5.42. The lowest BCUT2D eigenvalue weighted by atomic mass is 10.1. The molecule has 0 fully saturated rings. The van der Waals surface area contributed by atoms with Crippen molar-refractivity contribution >= 4 is 28.9 Å². The number of carboxylic acids is 1. The van der Waals surface area contributed by atoms with Gasteiger partial charge in [0.1, 0.15) is 4.88 Å². The van der Waals surface area contributed by atoms with Crippen molar-refractivity contribution in [1.82, 2.24) is 0 Å². The molecule has 4 nitrogen and oxygen atoms in total. The van der Waals surface area contributed by atoms with Crippen molar-refractivity contribution in [2.75, 3.05) is 4.90 Å². The van der Waals surface area contributed by atoms with Crippen molar-refractivity contribution in [3.63, 3.8) is 0 Å². The summed E-state index contributed by atoms with van der Waals surface area (Å²) in [6, 6.07) is 15.2. The lowest BCUT2D eigenvalue weighted by Crippen LogP contribution is -2.28. The zero-order valence-electron chi connectivity index (χ0n) is 15.2. The summed E-state index contributed by atoms with van der Waals surface area (Å²) in [4.78, 5) is 25.9. The zero-order chi connectivity index (χ0) is 21.2. The standard InChI is InChI=1S/C21H16F3NO3S/c1-13(26)25(12-14-7-9-16(10-8-14)21(22,23)24)17-11-18(29-19(17)20(27)28)15-5-3-2-4-6-15/h2-11H,12H2,1H3,(H,27,28). The quantitative estimate of drug-likeness (QED) is 0.578. The second kappa shape index (κ2) is 8.08. The summed E-state index contributed by atoms with van der Waals surface area (Å²) in [6.45, 7) is 1.24. The molecule has 0 radical (unpaired) electrons. The smallest absolute Gasteiger partial charge is 0.416 e. The molecule has 1 aromatic heterocycles. The number of carboxylic acid groups (broad SMARTS) is 1. The van der Waals surface area contributed by atoms with Crippen molar-refractivity contribution < 1.29 is 27.9 Å². The summed E-state index contributed by atoms with van der Waals surface area (Å²) < 4.78 is 38.3. The second-order valence-electron chi connectivity index (χ2n) is 6.30. The number of rotatable bonds is 5. The van der Waals surface area contributed by atoms with E-state index < -0.39 is 23.6 Å². The number of aromatic carboxylic acids is 1. The van der Waals surface area contributed by atoms with E-state index in [9.17, 15) is 27.9 Å². The molecule has 0 unspecified atom stereocenters. The summed E-state index contributed by atoms with van der Waals surface area (Å²) in [5, 5.41) is 9.60. The van der Waals surface area contributed by atoms with E-state index in [0.717, 1.165) is 29.0 Å².